The summed E-state index contributed by atoms with van der Waals surface area (Å²) in [6, 6.07) is 0. The predicted octanol–water partition coefficient (Wildman–Crippen LogP) is 8.71. The van der Waals surface area contributed by atoms with E-state index in [1.165, 1.54) is 50.0 Å². The molecule has 0 aromatic heterocycles. The summed E-state index contributed by atoms with van der Waals surface area (Å²) in [4.78, 5) is 0. The summed E-state index contributed by atoms with van der Waals surface area (Å²) in [6.45, 7) is 18.0. The number of rotatable bonds is 10. The van der Waals surface area contributed by atoms with Gasteiger partial charge in [0, 0.05) is 21.0 Å². The van der Waals surface area contributed by atoms with Crippen LogP contribution in [0.3, 0.4) is 0 Å². The Morgan fingerprint density at radius 3 is 1.09 bits per heavy atom. The summed E-state index contributed by atoms with van der Waals surface area (Å²) < 4.78 is 0.774. The Hall–Kier alpha value is 1.40. The van der Waals surface area contributed by atoms with Crippen molar-refractivity contribution < 1.29 is 0 Å². The van der Waals surface area contributed by atoms with Crippen molar-refractivity contribution in [3.05, 3.63) is 0 Å². The van der Waals surface area contributed by atoms with Gasteiger partial charge in [0.25, 0.3) is 0 Å². The maximum atomic E-state index is 2.26. The standard InChI is InChI=1S/C10H22S2.C8H18S2/c1-3-5-7-9-11-12-10-8-6-4-2;1-7(2,3)9-10-8(4,5)6/h3-10H2,1-2H3;1-6H3. The van der Waals surface area contributed by atoms with Gasteiger partial charge in [0.15, 0.2) is 0 Å². The quantitative estimate of drug-likeness (QED) is 0.272. The smallest absolute Gasteiger partial charge is 0.0179 e. The van der Waals surface area contributed by atoms with Gasteiger partial charge in [-0.25, -0.2) is 0 Å². The van der Waals surface area contributed by atoms with Crippen LogP contribution in [0.2, 0.25) is 0 Å². The summed E-state index contributed by atoms with van der Waals surface area (Å²) in [6.07, 6.45) is 8.32. The molecule has 0 atom stereocenters. The monoisotopic (exact) mass is 384 g/mol. The third-order valence-electron chi connectivity index (χ3n) is 2.29. The highest BCUT2D eigenvalue weighted by molar-refractivity contribution is 8.77. The highest BCUT2D eigenvalue weighted by Gasteiger charge is 2.17. The van der Waals surface area contributed by atoms with E-state index < -0.39 is 0 Å². The van der Waals surface area contributed by atoms with E-state index in [9.17, 15) is 0 Å². The van der Waals surface area contributed by atoms with E-state index in [-0.39, 0.29) is 0 Å². The van der Waals surface area contributed by atoms with Crippen LogP contribution in [0.1, 0.15) is 93.9 Å². The molecule has 0 unspecified atom stereocenters. The number of hydrogen-bond donors (Lipinski definition) is 0. The molecule has 0 amide bonds. The van der Waals surface area contributed by atoms with Crippen molar-refractivity contribution >= 4 is 43.2 Å². The van der Waals surface area contributed by atoms with Crippen LogP contribution in [0.25, 0.3) is 0 Å². The highest BCUT2D eigenvalue weighted by atomic mass is 33.1. The Labute approximate surface area is 157 Å². The molecule has 0 spiro atoms. The Morgan fingerprint density at radius 2 is 0.864 bits per heavy atom. The van der Waals surface area contributed by atoms with E-state index in [1.54, 1.807) is 0 Å². The molecule has 0 rings (SSSR count). The summed E-state index contributed by atoms with van der Waals surface area (Å²) in [5, 5.41) is 0. The van der Waals surface area contributed by atoms with Crippen molar-refractivity contribution in [3.8, 4) is 0 Å². The molecule has 0 radical (unpaired) electrons. The fourth-order valence-corrected chi connectivity index (χ4v) is 5.48. The molecular weight excluding hydrogens is 344 g/mol. The maximum absolute atomic E-state index is 2.26. The second kappa shape index (κ2) is 15.9. The molecule has 0 aliphatic carbocycles. The van der Waals surface area contributed by atoms with Crippen LogP contribution in [-0.2, 0) is 0 Å². The first kappa shape index (κ1) is 25.6. The van der Waals surface area contributed by atoms with E-state index in [0.717, 1.165) is 0 Å². The van der Waals surface area contributed by atoms with Gasteiger partial charge in [-0.3, -0.25) is 0 Å². The summed E-state index contributed by atoms with van der Waals surface area (Å²) in [5.41, 5.74) is 0. The van der Waals surface area contributed by atoms with Crippen molar-refractivity contribution in [2.45, 2.75) is 103 Å². The van der Waals surface area contributed by atoms with Gasteiger partial charge in [-0.05, 0) is 12.8 Å². The minimum Gasteiger partial charge on any atom is -0.0942 e. The van der Waals surface area contributed by atoms with Gasteiger partial charge in [-0.15, -0.1) is 0 Å². The van der Waals surface area contributed by atoms with E-state index in [4.69, 9.17) is 0 Å². The molecule has 0 bridgehead atoms. The lowest BCUT2D eigenvalue weighted by Gasteiger charge is -2.23. The first-order valence-corrected chi connectivity index (χ1v) is 13.4. The summed E-state index contributed by atoms with van der Waals surface area (Å²) in [7, 11) is 8.03. The van der Waals surface area contributed by atoms with Gasteiger partial charge >= 0.3 is 0 Å². The molecule has 0 aromatic carbocycles. The second-order valence-corrected chi connectivity index (χ2v) is 13.9. The van der Waals surface area contributed by atoms with Crippen LogP contribution in [0.5, 0.6) is 0 Å². The first-order chi connectivity index (χ1) is 10.1. The molecule has 0 heterocycles. The molecule has 0 saturated heterocycles. The van der Waals surface area contributed by atoms with Crippen molar-refractivity contribution in [1.82, 2.24) is 0 Å². The maximum Gasteiger partial charge on any atom is 0.0179 e. The molecular formula is C18H40S4. The second-order valence-electron chi connectivity index (χ2n) is 7.45. The Bertz CT molecular complexity index is 192. The molecule has 0 N–H and O–H groups in total. The molecule has 22 heavy (non-hydrogen) atoms. The molecule has 0 aliphatic rings. The zero-order valence-corrected chi connectivity index (χ0v) is 19.6. The minimum atomic E-state index is 0.387. The van der Waals surface area contributed by atoms with E-state index in [2.05, 4.69) is 77.0 Å². The SMILES string of the molecule is CC(C)(C)SSC(C)(C)C.CCCCCSSCCCCC. The molecule has 0 saturated carbocycles. The third kappa shape index (κ3) is 29.4. The summed E-state index contributed by atoms with van der Waals surface area (Å²) in [5.74, 6) is 2.70. The average Bonchev–Trinajstić information content (AvgIpc) is 2.39. The van der Waals surface area contributed by atoms with Crippen LogP contribution in [0, 0.1) is 0 Å². The highest BCUT2D eigenvalue weighted by Crippen LogP contribution is 2.42. The third-order valence-corrected chi connectivity index (χ3v) is 9.20. The molecule has 136 valence electrons. The van der Waals surface area contributed by atoms with Gasteiger partial charge in [-0.2, -0.15) is 0 Å². The van der Waals surface area contributed by atoms with E-state index in [1.807, 2.05) is 21.6 Å². The summed E-state index contributed by atoms with van der Waals surface area (Å²) >= 11 is 0. The van der Waals surface area contributed by atoms with Gasteiger partial charge in [0.05, 0.1) is 0 Å². The Kier molecular flexibility index (Phi) is 18.5. The number of unbranched alkanes of at least 4 members (excludes halogenated alkanes) is 4. The Morgan fingerprint density at radius 1 is 0.545 bits per heavy atom. The van der Waals surface area contributed by atoms with Crippen molar-refractivity contribution in [2.75, 3.05) is 11.5 Å². The minimum absolute atomic E-state index is 0.387. The average molecular weight is 385 g/mol. The molecule has 0 aliphatic heterocycles. The molecule has 4 heteroatoms. The fraction of sp³-hybridized carbons (Fsp3) is 1.00. The number of hydrogen-bond acceptors (Lipinski definition) is 4. The lowest BCUT2D eigenvalue weighted by atomic mass is 10.3. The van der Waals surface area contributed by atoms with Crippen molar-refractivity contribution in [2.24, 2.45) is 0 Å². The molecule has 0 fully saturated rings. The zero-order valence-electron chi connectivity index (χ0n) is 16.3. The first-order valence-electron chi connectivity index (χ1n) is 8.73. The lowest BCUT2D eigenvalue weighted by Crippen LogP contribution is -2.11. The topological polar surface area (TPSA) is 0 Å². The largest absolute Gasteiger partial charge is 0.0942 e. The van der Waals surface area contributed by atoms with E-state index in [0.29, 0.717) is 9.49 Å². The van der Waals surface area contributed by atoms with Gasteiger partial charge < -0.3 is 0 Å². The van der Waals surface area contributed by atoms with Gasteiger partial charge in [-0.1, -0.05) is 124 Å². The Balaban J connectivity index is 0. The van der Waals surface area contributed by atoms with Crippen molar-refractivity contribution in [3.63, 3.8) is 0 Å². The predicted molar refractivity (Wildman–Crippen MR) is 119 cm³/mol. The van der Waals surface area contributed by atoms with Crippen LogP contribution in [0.15, 0.2) is 0 Å². The van der Waals surface area contributed by atoms with E-state index >= 15 is 0 Å². The van der Waals surface area contributed by atoms with Crippen LogP contribution in [0.4, 0.5) is 0 Å². The zero-order chi connectivity index (χ0) is 17.5. The fourth-order valence-electron chi connectivity index (χ4n) is 1.19. The van der Waals surface area contributed by atoms with Gasteiger partial charge in [0.2, 0.25) is 0 Å². The van der Waals surface area contributed by atoms with Crippen LogP contribution < -0.4 is 0 Å². The molecule has 0 nitrogen and oxygen atoms in total. The van der Waals surface area contributed by atoms with Crippen LogP contribution >= 0.6 is 43.2 Å². The van der Waals surface area contributed by atoms with Crippen molar-refractivity contribution in [1.29, 1.82) is 0 Å². The lowest BCUT2D eigenvalue weighted by molar-refractivity contribution is 0.778. The van der Waals surface area contributed by atoms with Gasteiger partial charge in [0.1, 0.15) is 0 Å². The normalized spacial score (nSPS) is 12.0. The van der Waals surface area contributed by atoms with Crippen LogP contribution in [-0.4, -0.2) is 21.0 Å². The molecule has 0 aromatic rings.